The van der Waals surface area contributed by atoms with E-state index in [0.717, 1.165) is 45.8 Å². The van der Waals surface area contributed by atoms with Crippen LogP contribution in [-0.2, 0) is 19.9 Å². The van der Waals surface area contributed by atoms with Crippen molar-refractivity contribution in [2.45, 2.75) is 26.7 Å². The first-order chi connectivity index (χ1) is 13.0. The number of ether oxygens (including phenoxy) is 1. The van der Waals surface area contributed by atoms with E-state index in [9.17, 15) is 0 Å². The minimum atomic E-state index is 0.557. The average Bonchev–Trinajstić information content (AvgIpc) is 3.29. The van der Waals surface area contributed by atoms with E-state index in [4.69, 9.17) is 9.84 Å². The molecule has 8 heteroatoms. The van der Waals surface area contributed by atoms with Crippen molar-refractivity contribution in [3.63, 3.8) is 0 Å². The van der Waals surface area contributed by atoms with Gasteiger partial charge in [-0.15, -0.1) is 10.2 Å². The van der Waals surface area contributed by atoms with Gasteiger partial charge in [-0.3, -0.25) is 4.68 Å². The van der Waals surface area contributed by atoms with Gasteiger partial charge >= 0.3 is 0 Å². The SMILES string of the molecule is COc1ccc(Cc2nn3c(-c4cc(CC(C)C)nn4C)nnc3s2)cc1. The average molecular weight is 382 g/mol. The third-order valence-electron chi connectivity index (χ3n) is 4.32. The molecule has 0 atom stereocenters. The molecule has 0 aliphatic carbocycles. The van der Waals surface area contributed by atoms with Crippen molar-refractivity contribution < 1.29 is 4.74 Å². The summed E-state index contributed by atoms with van der Waals surface area (Å²) in [5.41, 5.74) is 3.18. The second kappa shape index (κ2) is 7.11. The largest absolute Gasteiger partial charge is 0.497 e. The lowest BCUT2D eigenvalue weighted by Crippen LogP contribution is -2.00. The van der Waals surface area contributed by atoms with Crippen LogP contribution >= 0.6 is 11.3 Å². The Balaban J connectivity index is 1.63. The fourth-order valence-corrected chi connectivity index (χ4v) is 3.93. The predicted octanol–water partition coefficient (Wildman–Crippen LogP) is 3.38. The molecule has 4 aromatic rings. The van der Waals surface area contributed by atoms with Gasteiger partial charge in [0.15, 0.2) is 0 Å². The Hall–Kier alpha value is -2.74. The summed E-state index contributed by atoms with van der Waals surface area (Å²) in [4.78, 5) is 0.792. The molecule has 0 unspecified atom stereocenters. The lowest BCUT2D eigenvalue weighted by Gasteiger charge is -2.01. The smallest absolute Gasteiger partial charge is 0.235 e. The second-order valence-electron chi connectivity index (χ2n) is 6.98. The molecule has 0 radical (unpaired) electrons. The third kappa shape index (κ3) is 3.57. The number of methoxy groups -OCH3 is 1. The Morgan fingerprint density at radius 3 is 2.59 bits per heavy atom. The Morgan fingerprint density at radius 2 is 1.89 bits per heavy atom. The molecular weight excluding hydrogens is 360 g/mol. The van der Waals surface area contributed by atoms with E-state index in [0.29, 0.717) is 5.92 Å². The number of aryl methyl sites for hydroxylation is 1. The highest BCUT2D eigenvalue weighted by Gasteiger charge is 2.18. The number of benzene rings is 1. The zero-order valence-corrected chi connectivity index (χ0v) is 16.7. The molecule has 0 saturated heterocycles. The molecule has 0 amide bonds. The van der Waals surface area contributed by atoms with Crippen molar-refractivity contribution in [3.05, 3.63) is 46.6 Å². The zero-order valence-electron chi connectivity index (χ0n) is 15.9. The van der Waals surface area contributed by atoms with E-state index in [1.54, 1.807) is 18.4 Å². The first-order valence-electron chi connectivity index (χ1n) is 8.91. The van der Waals surface area contributed by atoms with Gasteiger partial charge in [0.2, 0.25) is 10.8 Å². The maximum atomic E-state index is 5.21. The lowest BCUT2D eigenvalue weighted by molar-refractivity contribution is 0.414. The van der Waals surface area contributed by atoms with Crippen molar-refractivity contribution >= 4 is 16.3 Å². The molecule has 0 aliphatic rings. The summed E-state index contributed by atoms with van der Waals surface area (Å²) in [7, 11) is 3.61. The molecule has 0 aliphatic heterocycles. The van der Waals surface area contributed by atoms with Gasteiger partial charge in [-0.25, -0.2) is 0 Å². The number of hydrogen-bond donors (Lipinski definition) is 0. The molecule has 0 saturated carbocycles. The maximum absolute atomic E-state index is 5.21. The Labute approximate surface area is 161 Å². The van der Waals surface area contributed by atoms with Crippen LogP contribution in [0.2, 0.25) is 0 Å². The molecule has 0 N–H and O–H groups in total. The van der Waals surface area contributed by atoms with Crippen molar-refractivity contribution in [3.8, 4) is 17.3 Å². The lowest BCUT2D eigenvalue weighted by atomic mass is 10.1. The van der Waals surface area contributed by atoms with Crippen LogP contribution in [0.15, 0.2) is 30.3 Å². The number of hydrogen-bond acceptors (Lipinski definition) is 6. The van der Waals surface area contributed by atoms with Crippen LogP contribution in [0.1, 0.15) is 30.1 Å². The van der Waals surface area contributed by atoms with Crippen molar-refractivity contribution in [1.29, 1.82) is 0 Å². The van der Waals surface area contributed by atoms with Gasteiger partial charge in [0, 0.05) is 13.5 Å². The molecule has 0 fully saturated rings. The van der Waals surface area contributed by atoms with Gasteiger partial charge in [0.25, 0.3) is 0 Å². The zero-order chi connectivity index (χ0) is 19.0. The fourth-order valence-electron chi connectivity index (χ4n) is 3.06. The minimum absolute atomic E-state index is 0.557. The van der Waals surface area contributed by atoms with E-state index in [-0.39, 0.29) is 0 Å². The van der Waals surface area contributed by atoms with Gasteiger partial charge in [0.1, 0.15) is 16.5 Å². The number of nitrogens with zero attached hydrogens (tertiary/aromatic N) is 6. The first-order valence-corrected chi connectivity index (χ1v) is 9.72. The molecular formula is C19H22N6OS. The van der Waals surface area contributed by atoms with Crippen LogP contribution in [0.3, 0.4) is 0 Å². The van der Waals surface area contributed by atoms with E-state index < -0.39 is 0 Å². The van der Waals surface area contributed by atoms with Gasteiger partial charge in [-0.1, -0.05) is 37.3 Å². The van der Waals surface area contributed by atoms with E-state index in [1.165, 1.54) is 5.56 Å². The van der Waals surface area contributed by atoms with E-state index in [1.807, 2.05) is 28.4 Å². The normalized spacial score (nSPS) is 11.6. The highest BCUT2D eigenvalue weighted by atomic mass is 32.1. The molecule has 1 aromatic carbocycles. The third-order valence-corrected chi connectivity index (χ3v) is 5.22. The number of rotatable bonds is 6. The van der Waals surface area contributed by atoms with Crippen molar-refractivity contribution in [1.82, 2.24) is 29.6 Å². The molecule has 0 bridgehead atoms. The van der Waals surface area contributed by atoms with E-state index >= 15 is 0 Å². The van der Waals surface area contributed by atoms with Crippen molar-refractivity contribution in [2.75, 3.05) is 7.11 Å². The molecule has 140 valence electrons. The van der Waals surface area contributed by atoms with Crippen LogP contribution in [0, 0.1) is 5.92 Å². The van der Waals surface area contributed by atoms with Crippen LogP contribution in [0.4, 0.5) is 0 Å². The highest BCUT2D eigenvalue weighted by Crippen LogP contribution is 2.24. The van der Waals surface area contributed by atoms with Crippen LogP contribution in [-0.4, -0.2) is 36.7 Å². The number of fused-ring (bicyclic) bond motifs is 1. The first kappa shape index (κ1) is 17.7. The standard InChI is InChI=1S/C19H22N6OS/c1-12(2)9-14-11-16(24(3)22-14)18-20-21-19-25(18)23-17(27-19)10-13-5-7-15(26-4)8-6-13/h5-8,11-12H,9-10H2,1-4H3. The molecule has 7 nitrogen and oxygen atoms in total. The quantitative estimate of drug-likeness (QED) is 0.511. The van der Waals surface area contributed by atoms with Gasteiger partial charge in [0.05, 0.1) is 12.8 Å². The van der Waals surface area contributed by atoms with Crippen molar-refractivity contribution in [2.24, 2.45) is 13.0 Å². The Bertz CT molecular complexity index is 1060. The summed E-state index contributed by atoms with van der Waals surface area (Å²) in [5, 5.41) is 19.0. The van der Waals surface area contributed by atoms with E-state index in [2.05, 4.69) is 47.3 Å². The summed E-state index contributed by atoms with van der Waals surface area (Å²) in [6, 6.07) is 10.1. The van der Waals surface area contributed by atoms with Crippen LogP contribution in [0.25, 0.3) is 16.5 Å². The molecule has 4 rings (SSSR count). The summed E-state index contributed by atoms with van der Waals surface area (Å²) in [6.07, 6.45) is 1.69. The summed E-state index contributed by atoms with van der Waals surface area (Å²) >= 11 is 1.56. The topological polar surface area (TPSA) is 70.1 Å². The molecule has 27 heavy (non-hydrogen) atoms. The van der Waals surface area contributed by atoms with Gasteiger partial charge < -0.3 is 4.74 Å². The highest BCUT2D eigenvalue weighted by molar-refractivity contribution is 7.16. The van der Waals surface area contributed by atoms with Gasteiger partial charge in [-0.2, -0.15) is 14.7 Å². The summed E-state index contributed by atoms with van der Waals surface area (Å²) < 4.78 is 8.89. The Kier molecular flexibility index (Phi) is 4.65. The maximum Gasteiger partial charge on any atom is 0.235 e. The Morgan fingerprint density at radius 1 is 1.11 bits per heavy atom. The van der Waals surface area contributed by atoms with Crippen LogP contribution in [0.5, 0.6) is 5.75 Å². The van der Waals surface area contributed by atoms with Gasteiger partial charge in [-0.05, 0) is 36.1 Å². The summed E-state index contributed by atoms with van der Waals surface area (Å²) in [5.74, 6) is 2.14. The fraction of sp³-hybridized carbons (Fsp3) is 0.368. The molecule has 3 aromatic heterocycles. The molecule has 3 heterocycles. The second-order valence-corrected chi connectivity index (χ2v) is 8.02. The minimum Gasteiger partial charge on any atom is -0.497 e. The molecule has 0 spiro atoms. The monoisotopic (exact) mass is 382 g/mol. The van der Waals surface area contributed by atoms with Crippen LogP contribution < -0.4 is 4.74 Å². The predicted molar refractivity (Wildman–Crippen MR) is 105 cm³/mol. The summed E-state index contributed by atoms with van der Waals surface area (Å²) in [6.45, 7) is 4.38. The number of aromatic nitrogens is 6.